The molecule has 0 aliphatic rings. The Kier molecular flexibility index (Phi) is 6.26. The van der Waals surface area contributed by atoms with Crippen LogP contribution in [-0.2, 0) is 11.2 Å². The van der Waals surface area contributed by atoms with Crippen molar-refractivity contribution in [3.63, 3.8) is 0 Å². The SMILES string of the molecule is Cc1cccc(NC(=O)/C(C#N)=C/c2ccc(Cc3ccccc3Cl)cc2)c1. The van der Waals surface area contributed by atoms with Gasteiger partial charge in [0.15, 0.2) is 0 Å². The summed E-state index contributed by atoms with van der Waals surface area (Å²) in [4.78, 5) is 12.4. The highest BCUT2D eigenvalue weighted by Gasteiger charge is 2.10. The number of amides is 1. The third-order valence-electron chi connectivity index (χ3n) is 4.28. The Labute approximate surface area is 169 Å². The van der Waals surface area contributed by atoms with Crippen LogP contribution in [0.4, 0.5) is 5.69 Å². The molecule has 0 spiro atoms. The number of hydrogen-bond acceptors (Lipinski definition) is 2. The molecule has 0 aliphatic heterocycles. The number of nitriles is 1. The van der Waals surface area contributed by atoms with Gasteiger partial charge in [0, 0.05) is 10.7 Å². The lowest BCUT2D eigenvalue weighted by molar-refractivity contribution is -0.112. The van der Waals surface area contributed by atoms with Crippen molar-refractivity contribution in [3.8, 4) is 6.07 Å². The smallest absolute Gasteiger partial charge is 0.266 e. The minimum atomic E-state index is -0.423. The van der Waals surface area contributed by atoms with Gasteiger partial charge >= 0.3 is 0 Å². The number of nitrogens with zero attached hydrogens (tertiary/aromatic N) is 1. The summed E-state index contributed by atoms with van der Waals surface area (Å²) in [5, 5.41) is 12.9. The molecular weight excluding hydrogens is 368 g/mol. The Morgan fingerprint density at radius 3 is 2.50 bits per heavy atom. The lowest BCUT2D eigenvalue weighted by Gasteiger charge is -2.06. The van der Waals surface area contributed by atoms with Crippen LogP contribution in [0.5, 0.6) is 0 Å². The quantitative estimate of drug-likeness (QED) is 0.446. The molecule has 3 aromatic rings. The first-order chi connectivity index (χ1) is 13.5. The Bertz CT molecular complexity index is 1060. The minimum absolute atomic E-state index is 0.0559. The van der Waals surface area contributed by atoms with Gasteiger partial charge in [0.2, 0.25) is 0 Å². The van der Waals surface area contributed by atoms with E-state index in [2.05, 4.69) is 5.32 Å². The lowest BCUT2D eigenvalue weighted by Crippen LogP contribution is -2.13. The number of anilines is 1. The monoisotopic (exact) mass is 386 g/mol. The second-order valence-electron chi connectivity index (χ2n) is 6.50. The van der Waals surface area contributed by atoms with Gasteiger partial charge in [-0.15, -0.1) is 0 Å². The highest BCUT2D eigenvalue weighted by atomic mass is 35.5. The molecule has 0 heterocycles. The Morgan fingerprint density at radius 1 is 1.07 bits per heavy atom. The third kappa shape index (κ3) is 5.09. The van der Waals surface area contributed by atoms with Crippen LogP contribution in [0.3, 0.4) is 0 Å². The molecule has 1 N–H and O–H groups in total. The number of nitrogens with one attached hydrogen (secondary N) is 1. The maximum Gasteiger partial charge on any atom is 0.266 e. The first-order valence-electron chi connectivity index (χ1n) is 8.87. The van der Waals surface area contributed by atoms with Crippen molar-refractivity contribution in [3.05, 3.63) is 106 Å². The Balaban J connectivity index is 1.73. The molecule has 0 unspecified atom stereocenters. The summed E-state index contributed by atoms with van der Waals surface area (Å²) in [5.74, 6) is -0.423. The predicted molar refractivity (Wildman–Crippen MR) is 114 cm³/mol. The first-order valence-corrected chi connectivity index (χ1v) is 9.25. The highest BCUT2D eigenvalue weighted by molar-refractivity contribution is 6.31. The normalized spacial score (nSPS) is 11.0. The maximum atomic E-state index is 12.4. The van der Waals surface area contributed by atoms with Gasteiger partial charge in [0.05, 0.1) is 0 Å². The van der Waals surface area contributed by atoms with E-state index >= 15 is 0 Å². The second kappa shape index (κ2) is 9.03. The zero-order valence-electron chi connectivity index (χ0n) is 15.4. The van der Waals surface area contributed by atoms with Gasteiger partial charge in [-0.1, -0.05) is 66.2 Å². The van der Waals surface area contributed by atoms with Gasteiger partial charge in [-0.3, -0.25) is 4.79 Å². The summed E-state index contributed by atoms with van der Waals surface area (Å²) in [6, 6.07) is 24.9. The van der Waals surface area contributed by atoms with E-state index in [1.54, 1.807) is 12.1 Å². The van der Waals surface area contributed by atoms with Crippen LogP contribution in [-0.4, -0.2) is 5.91 Å². The van der Waals surface area contributed by atoms with Crippen LogP contribution in [0.2, 0.25) is 5.02 Å². The molecule has 0 aromatic heterocycles. The van der Waals surface area contributed by atoms with Crippen LogP contribution in [0.1, 0.15) is 22.3 Å². The average molecular weight is 387 g/mol. The van der Waals surface area contributed by atoms with Crippen LogP contribution >= 0.6 is 11.6 Å². The third-order valence-corrected chi connectivity index (χ3v) is 4.65. The molecule has 0 saturated carbocycles. The molecule has 0 fully saturated rings. The number of hydrogen-bond donors (Lipinski definition) is 1. The van der Waals surface area contributed by atoms with E-state index in [-0.39, 0.29) is 5.57 Å². The molecule has 1 amide bonds. The van der Waals surface area contributed by atoms with Crippen molar-refractivity contribution in [1.82, 2.24) is 0 Å². The van der Waals surface area contributed by atoms with E-state index in [1.165, 1.54) is 0 Å². The molecule has 138 valence electrons. The fourth-order valence-corrected chi connectivity index (χ4v) is 3.03. The van der Waals surface area contributed by atoms with Gasteiger partial charge < -0.3 is 5.32 Å². The summed E-state index contributed by atoms with van der Waals surface area (Å²) < 4.78 is 0. The number of halogens is 1. The Morgan fingerprint density at radius 2 is 1.82 bits per heavy atom. The van der Waals surface area contributed by atoms with Crippen molar-refractivity contribution in [2.45, 2.75) is 13.3 Å². The molecule has 28 heavy (non-hydrogen) atoms. The highest BCUT2D eigenvalue weighted by Crippen LogP contribution is 2.20. The largest absolute Gasteiger partial charge is 0.321 e. The lowest BCUT2D eigenvalue weighted by atomic mass is 10.0. The summed E-state index contributed by atoms with van der Waals surface area (Å²) in [6.45, 7) is 1.95. The van der Waals surface area contributed by atoms with Gasteiger partial charge in [-0.05, 0) is 59.9 Å². The topological polar surface area (TPSA) is 52.9 Å². The van der Waals surface area contributed by atoms with E-state index in [9.17, 15) is 10.1 Å². The van der Waals surface area contributed by atoms with E-state index in [0.29, 0.717) is 5.69 Å². The van der Waals surface area contributed by atoms with Gasteiger partial charge in [0.1, 0.15) is 11.6 Å². The molecule has 4 heteroatoms. The number of carbonyl (C=O) groups is 1. The second-order valence-corrected chi connectivity index (χ2v) is 6.91. The molecule has 3 rings (SSSR count). The number of rotatable bonds is 5. The molecule has 0 radical (unpaired) electrons. The zero-order chi connectivity index (χ0) is 19.9. The molecule has 3 aromatic carbocycles. The summed E-state index contributed by atoms with van der Waals surface area (Å²) in [5.41, 5.74) is 4.71. The number of carbonyl (C=O) groups excluding carboxylic acids is 1. The van der Waals surface area contributed by atoms with Gasteiger partial charge in [-0.2, -0.15) is 5.26 Å². The van der Waals surface area contributed by atoms with Gasteiger partial charge in [-0.25, -0.2) is 0 Å². The summed E-state index contributed by atoms with van der Waals surface area (Å²) in [7, 11) is 0. The summed E-state index contributed by atoms with van der Waals surface area (Å²) >= 11 is 6.21. The van der Waals surface area contributed by atoms with Gasteiger partial charge in [0.25, 0.3) is 5.91 Å². The number of aryl methyl sites for hydroxylation is 1. The van der Waals surface area contributed by atoms with Crippen molar-refractivity contribution in [2.75, 3.05) is 5.32 Å². The predicted octanol–water partition coefficient (Wildman–Crippen LogP) is 5.78. The number of benzene rings is 3. The van der Waals surface area contributed by atoms with E-state index in [4.69, 9.17) is 11.6 Å². The van der Waals surface area contributed by atoms with Crippen molar-refractivity contribution < 1.29 is 4.79 Å². The first kappa shape index (κ1) is 19.4. The molecule has 3 nitrogen and oxygen atoms in total. The van der Waals surface area contributed by atoms with E-state index < -0.39 is 5.91 Å². The zero-order valence-corrected chi connectivity index (χ0v) is 16.2. The van der Waals surface area contributed by atoms with E-state index in [0.717, 1.165) is 33.7 Å². The fourth-order valence-electron chi connectivity index (χ4n) is 2.83. The summed E-state index contributed by atoms with van der Waals surface area (Å²) in [6.07, 6.45) is 2.31. The van der Waals surface area contributed by atoms with Crippen molar-refractivity contribution in [1.29, 1.82) is 5.26 Å². The maximum absolute atomic E-state index is 12.4. The fraction of sp³-hybridized carbons (Fsp3) is 0.0833. The molecule has 0 atom stereocenters. The van der Waals surface area contributed by atoms with Crippen LogP contribution < -0.4 is 5.32 Å². The molecular formula is C24H19ClN2O. The van der Waals surface area contributed by atoms with Crippen LogP contribution in [0, 0.1) is 18.3 Å². The Hall–Kier alpha value is -3.35. The average Bonchev–Trinajstić information content (AvgIpc) is 2.69. The molecule has 0 aliphatic carbocycles. The van der Waals surface area contributed by atoms with Crippen LogP contribution in [0.25, 0.3) is 6.08 Å². The molecule has 0 saturated heterocycles. The molecule has 0 bridgehead atoms. The van der Waals surface area contributed by atoms with Crippen molar-refractivity contribution >= 4 is 29.3 Å². The standard InChI is InChI=1S/C24H19ClN2O/c1-17-5-4-7-22(13-17)27-24(28)21(16-26)15-19-11-9-18(10-12-19)14-20-6-2-3-8-23(20)25/h2-13,15H,14H2,1H3,(H,27,28)/b21-15+. The van der Waals surface area contributed by atoms with Crippen molar-refractivity contribution in [2.24, 2.45) is 0 Å². The van der Waals surface area contributed by atoms with Crippen LogP contribution in [0.15, 0.2) is 78.4 Å². The minimum Gasteiger partial charge on any atom is -0.321 e. The van der Waals surface area contributed by atoms with E-state index in [1.807, 2.05) is 79.7 Å².